The first-order valence-corrected chi connectivity index (χ1v) is 7.03. The van der Waals surface area contributed by atoms with E-state index in [2.05, 4.69) is 50.4 Å². The third kappa shape index (κ3) is 5.36. The van der Waals surface area contributed by atoms with E-state index in [0.717, 1.165) is 19.0 Å². The van der Waals surface area contributed by atoms with Gasteiger partial charge in [0, 0.05) is 0 Å². The molecule has 0 radical (unpaired) electrons. The quantitative estimate of drug-likeness (QED) is 0.670. The Balaban J connectivity index is 2.50. The Morgan fingerprint density at radius 2 is 1.88 bits per heavy atom. The number of aryl methyl sites for hydroxylation is 1. The Morgan fingerprint density at radius 3 is 2.53 bits per heavy atom. The first-order chi connectivity index (χ1) is 8.27. The molecule has 0 saturated heterocycles. The van der Waals surface area contributed by atoms with E-state index < -0.39 is 0 Å². The van der Waals surface area contributed by atoms with Crippen LogP contribution in [0.1, 0.15) is 44.2 Å². The van der Waals surface area contributed by atoms with E-state index in [0.29, 0.717) is 0 Å². The molecule has 0 amide bonds. The van der Waals surface area contributed by atoms with Gasteiger partial charge in [-0.2, -0.15) is 0 Å². The van der Waals surface area contributed by atoms with Crippen molar-refractivity contribution in [2.24, 2.45) is 5.92 Å². The minimum atomic E-state index is 0.785. The summed E-state index contributed by atoms with van der Waals surface area (Å²) in [7, 11) is 0. The highest BCUT2D eigenvalue weighted by Gasteiger charge is 2.09. The minimum absolute atomic E-state index is 0.785. The van der Waals surface area contributed by atoms with Crippen LogP contribution in [0.3, 0.4) is 0 Å². The fraction of sp³-hybridized carbons (Fsp3) is 0.625. The van der Waals surface area contributed by atoms with E-state index in [9.17, 15) is 0 Å². The molecular weight excluding hydrogens is 206 g/mol. The molecule has 1 rings (SSSR count). The van der Waals surface area contributed by atoms with Crippen LogP contribution in [-0.2, 0) is 6.42 Å². The molecule has 0 aromatic heterocycles. The maximum Gasteiger partial charge on any atom is -0.00173 e. The lowest BCUT2D eigenvalue weighted by molar-refractivity contribution is 0.438. The lowest BCUT2D eigenvalue weighted by Gasteiger charge is -2.18. The molecular formula is C16H27N. The van der Waals surface area contributed by atoms with Gasteiger partial charge in [-0.25, -0.2) is 0 Å². The second-order valence-corrected chi connectivity index (χ2v) is 4.99. The van der Waals surface area contributed by atoms with E-state index >= 15 is 0 Å². The molecule has 0 saturated carbocycles. The van der Waals surface area contributed by atoms with Gasteiger partial charge in [-0.3, -0.25) is 0 Å². The van der Waals surface area contributed by atoms with Gasteiger partial charge in [0.05, 0.1) is 0 Å². The molecule has 0 bridgehead atoms. The van der Waals surface area contributed by atoms with Crippen LogP contribution in [0.4, 0.5) is 0 Å². The Bertz CT molecular complexity index is 306. The molecule has 1 N–H and O–H groups in total. The molecule has 96 valence electrons. The van der Waals surface area contributed by atoms with Crippen molar-refractivity contribution in [2.75, 3.05) is 13.1 Å². The van der Waals surface area contributed by atoms with Gasteiger partial charge in [-0.05, 0) is 56.3 Å². The van der Waals surface area contributed by atoms with E-state index in [-0.39, 0.29) is 0 Å². The molecule has 1 heteroatoms. The van der Waals surface area contributed by atoms with Crippen molar-refractivity contribution >= 4 is 0 Å². The first kappa shape index (κ1) is 14.2. The number of hydrogen-bond donors (Lipinski definition) is 1. The van der Waals surface area contributed by atoms with Crippen molar-refractivity contribution in [1.29, 1.82) is 0 Å². The van der Waals surface area contributed by atoms with Crippen LogP contribution < -0.4 is 5.32 Å². The van der Waals surface area contributed by atoms with Gasteiger partial charge in [-0.1, -0.05) is 44.5 Å². The molecule has 1 atom stereocenters. The lowest BCUT2D eigenvalue weighted by Crippen LogP contribution is -2.25. The summed E-state index contributed by atoms with van der Waals surface area (Å²) in [6.45, 7) is 9.04. The molecule has 0 aliphatic heterocycles. The summed E-state index contributed by atoms with van der Waals surface area (Å²) in [6, 6.07) is 8.78. The highest BCUT2D eigenvalue weighted by Crippen LogP contribution is 2.16. The molecule has 0 aliphatic carbocycles. The number of nitrogens with one attached hydrogen (secondary N) is 1. The normalized spacial score (nSPS) is 12.6. The second-order valence-electron chi connectivity index (χ2n) is 4.99. The Labute approximate surface area is 107 Å². The standard InChI is InChI=1S/C16H27N/c1-4-8-15(13-17-11-5-2)12-16-10-7-6-9-14(16)3/h6-7,9-10,15,17H,4-5,8,11-13H2,1-3H3. The van der Waals surface area contributed by atoms with Gasteiger partial charge in [0.2, 0.25) is 0 Å². The summed E-state index contributed by atoms with van der Waals surface area (Å²) >= 11 is 0. The van der Waals surface area contributed by atoms with Gasteiger partial charge in [0.15, 0.2) is 0 Å². The first-order valence-electron chi connectivity index (χ1n) is 7.03. The largest absolute Gasteiger partial charge is 0.316 e. The summed E-state index contributed by atoms with van der Waals surface area (Å²) in [4.78, 5) is 0. The average molecular weight is 233 g/mol. The summed E-state index contributed by atoms with van der Waals surface area (Å²) in [5.74, 6) is 0.785. The lowest BCUT2D eigenvalue weighted by atomic mass is 9.92. The summed E-state index contributed by atoms with van der Waals surface area (Å²) < 4.78 is 0. The molecule has 1 aromatic rings. The molecule has 1 unspecified atom stereocenters. The van der Waals surface area contributed by atoms with E-state index in [1.165, 1.54) is 36.8 Å². The van der Waals surface area contributed by atoms with Crippen LogP contribution in [0.5, 0.6) is 0 Å². The SMILES string of the molecule is CCCNCC(CCC)Cc1ccccc1C. The molecule has 1 aromatic carbocycles. The smallest absolute Gasteiger partial charge is 0.00173 e. The van der Waals surface area contributed by atoms with Crippen LogP contribution in [0, 0.1) is 12.8 Å². The topological polar surface area (TPSA) is 12.0 Å². The van der Waals surface area contributed by atoms with E-state index in [1.54, 1.807) is 0 Å². The third-order valence-corrected chi connectivity index (χ3v) is 3.33. The number of benzene rings is 1. The van der Waals surface area contributed by atoms with Crippen molar-refractivity contribution in [3.05, 3.63) is 35.4 Å². The van der Waals surface area contributed by atoms with Crippen molar-refractivity contribution in [2.45, 2.75) is 46.5 Å². The zero-order valence-corrected chi connectivity index (χ0v) is 11.6. The maximum absolute atomic E-state index is 3.56. The van der Waals surface area contributed by atoms with E-state index in [1.807, 2.05) is 0 Å². The zero-order chi connectivity index (χ0) is 12.5. The highest BCUT2D eigenvalue weighted by molar-refractivity contribution is 5.25. The minimum Gasteiger partial charge on any atom is -0.316 e. The van der Waals surface area contributed by atoms with Crippen molar-refractivity contribution in [1.82, 2.24) is 5.32 Å². The second kappa shape index (κ2) is 8.30. The molecule has 1 nitrogen and oxygen atoms in total. The molecule has 0 heterocycles. The summed E-state index contributed by atoms with van der Waals surface area (Å²) in [5, 5.41) is 3.56. The van der Waals surface area contributed by atoms with Crippen LogP contribution >= 0.6 is 0 Å². The molecule has 0 spiro atoms. The van der Waals surface area contributed by atoms with Crippen LogP contribution in [0.25, 0.3) is 0 Å². The maximum atomic E-state index is 3.56. The van der Waals surface area contributed by atoms with Gasteiger partial charge < -0.3 is 5.32 Å². The average Bonchev–Trinajstić information content (AvgIpc) is 2.32. The Morgan fingerprint density at radius 1 is 1.12 bits per heavy atom. The van der Waals surface area contributed by atoms with Gasteiger partial charge in [-0.15, -0.1) is 0 Å². The van der Waals surface area contributed by atoms with Crippen LogP contribution in [-0.4, -0.2) is 13.1 Å². The van der Waals surface area contributed by atoms with Gasteiger partial charge in [0.1, 0.15) is 0 Å². The highest BCUT2D eigenvalue weighted by atomic mass is 14.8. The number of hydrogen-bond acceptors (Lipinski definition) is 1. The van der Waals surface area contributed by atoms with Crippen LogP contribution in [0.15, 0.2) is 24.3 Å². The van der Waals surface area contributed by atoms with Gasteiger partial charge in [0.25, 0.3) is 0 Å². The summed E-state index contributed by atoms with van der Waals surface area (Å²) in [5.41, 5.74) is 2.95. The fourth-order valence-corrected chi connectivity index (χ4v) is 2.32. The van der Waals surface area contributed by atoms with E-state index in [4.69, 9.17) is 0 Å². The Hall–Kier alpha value is -0.820. The Kier molecular flexibility index (Phi) is 6.95. The van der Waals surface area contributed by atoms with Crippen molar-refractivity contribution in [3.63, 3.8) is 0 Å². The molecule has 0 fully saturated rings. The third-order valence-electron chi connectivity index (χ3n) is 3.33. The van der Waals surface area contributed by atoms with Gasteiger partial charge >= 0.3 is 0 Å². The van der Waals surface area contributed by atoms with Crippen molar-refractivity contribution < 1.29 is 0 Å². The fourth-order valence-electron chi connectivity index (χ4n) is 2.32. The van der Waals surface area contributed by atoms with Crippen molar-refractivity contribution in [3.8, 4) is 0 Å². The van der Waals surface area contributed by atoms with Crippen LogP contribution in [0.2, 0.25) is 0 Å². The molecule has 0 aliphatic rings. The monoisotopic (exact) mass is 233 g/mol. The molecule has 17 heavy (non-hydrogen) atoms. The zero-order valence-electron chi connectivity index (χ0n) is 11.6. The number of rotatable bonds is 8. The summed E-state index contributed by atoms with van der Waals surface area (Å²) in [6.07, 6.45) is 5.05. The predicted molar refractivity (Wildman–Crippen MR) is 76.4 cm³/mol. The predicted octanol–water partition coefficient (Wildman–Crippen LogP) is 3.95.